The van der Waals surface area contributed by atoms with Gasteiger partial charge in [-0.25, -0.2) is 0 Å². The summed E-state index contributed by atoms with van der Waals surface area (Å²) in [4.78, 5) is 3.96. The highest BCUT2D eigenvalue weighted by Crippen LogP contribution is 2.59. The molecular weight excluding hydrogens is 791 g/mol. The number of hydrogen-bond acceptors (Lipinski definition) is 2. The molecule has 0 bridgehead atoms. The Kier molecular flexibility index (Phi) is 9.18. The molecule has 0 radical (unpaired) electrons. The molecule has 2 heteroatoms. The van der Waals surface area contributed by atoms with Gasteiger partial charge in [0.25, 0.3) is 0 Å². The predicted octanol–water partition coefficient (Wildman–Crippen LogP) is 16.8. The number of thioether (sulfide) groups is 1. The fraction of sp³-hybridized carbons (Fsp3) is 0.129. The Balaban J connectivity index is 1.12. The minimum absolute atomic E-state index is 0.0344. The lowest BCUT2D eigenvalue weighted by molar-refractivity contribution is 0.325. The van der Waals surface area contributed by atoms with Crippen LogP contribution in [0.25, 0.3) is 49.7 Å². The van der Waals surface area contributed by atoms with E-state index in [2.05, 4.69) is 244 Å². The number of rotatable bonds is 7. The number of nitrogens with zero attached hydrogens (tertiary/aromatic N) is 1. The summed E-state index contributed by atoms with van der Waals surface area (Å²) in [5.74, 6) is 0.293. The average molecular weight is 840 g/mol. The van der Waals surface area contributed by atoms with Crippen LogP contribution in [0.3, 0.4) is 0 Å². The van der Waals surface area contributed by atoms with Crippen molar-refractivity contribution in [3.8, 4) is 22.3 Å². The third-order valence-corrected chi connectivity index (χ3v) is 15.9. The molecule has 0 spiro atoms. The predicted molar refractivity (Wildman–Crippen MR) is 274 cm³/mol. The Bertz CT molecular complexity index is 3280. The minimum atomic E-state index is -0.0877. The molecule has 1 nitrogen and oxygen atoms in total. The Morgan fingerprint density at radius 2 is 1.08 bits per heavy atom. The van der Waals surface area contributed by atoms with E-state index in [1.165, 1.54) is 82.5 Å². The van der Waals surface area contributed by atoms with Crippen LogP contribution in [0.1, 0.15) is 55.0 Å². The molecule has 0 saturated carbocycles. The highest BCUT2D eigenvalue weighted by molar-refractivity contribution is 8.00. The number of para-hydroxylation sites is 3. The topological polar surface area (TPSA) is 3.24 Å². The number of fused-ring (bicyclic) bond motifs is 7. The van der Waals surface area contributed by atoms with Crippen LogP contribution < -0.4 is 4.90 Å². The summed E-state index contributed by atoms with van der Waals surface area (Å²) in [5.41, 5.74) is 18.9. The summed E-state index contributed by atoms with van der Waals surface area (Å²) in [5, 5.41) is 2.87. The van der Waals surface area contributed by atoms with Crippen molar-refractivity contribution in [2.24, 2.45) is 5.92 Å². The molecule has 0 N–H and O–H groups in total. The zero-order valence-electron chi connectivity index (χ0n) is 36.5. The van der Waals surface area contributed by atoms with Crippen LogP contribution in [0, 0.1) is 5.92 Å². The van der Waals surface area contributed by atoms with Gasteiger partial charge in [0.2, 0.25) is 0 Å². The average Bonchev–Trinajstić information content (AvgIpc) is 3.81. The van der Waals surface area contributed by atoms with Crippen LogP contribution in [0.5, 0.6) is 0 Å². The van der Waals surface area contributed by atoms with Gasteiger partial charge in [-0.3, -0.25) is 0 Å². The minimum Gasteiger partial charge on any atom is -0.309 e. The molecule has 0 fully saturated rings. The molecule has 8 aromatic carbocycles. The van der Waals surface area contributed by atoms with Crippen molar-refractivity contribution >= 4 is 56.3 Å². The normalized spacial score (nSPS) is 20.1. The van der Waals surface area contributed by atoms with Crippen LogP contribution in [0.2, 0.25) is 0 Å². The third kappa shape index (κ3) is 6.00. The molecule has 4 aliphatic rings. The van der Waals surface area contributed by atoms with Crippen molar-refractivity contribution in [2.75, 3.05) is 4.90 Å². The Hall–Kier alpha value is -6.87. The van der Waals surface area contributed by atoms with E-state index in [1.54, 1.807) is 0 Å². The first-order chi connectivity index (χ1) is 31.4. The first-order valence-electron chi connectivity index (χ1n) is 22.7. The summed E-state index contributed by atoms with van der Waals surface area (Å²) in [6.07, 6.45) is 13.3. The van der Waals surface area contributed by atoms with E-state index >= 15 is 0 Å². The monoisotopic (exact) mass is 839 g/mol. The first-order valence-corrected chi connectivity index (χ1v) is 23.6. The number of anilines is 3. The van der Waals surface area contributed by atoms with Crippen molar-refractivity contribution in [1.82, 2.24) is 0 Å². The van der Waals surface area contributed by atoms with E-state index in [0.717, 1.165) is 23.5 Å². The zero-order valence-corrected chi connectivity index (χ0v) is 37.3. The summed E-state index contributed by atoms with van der Waals surface area (Å²) in [6, 6.07) is 69.8. The largest absolute Gasteiger partial charge is 0.309 e. The molecule has 3 unspecified atom stereocenters. The third-order valence-electron chi connectivity index (χ3n) is 14.6. The van der Waals surface area contributed by atoms with Gasteiger partial charge in [-0.2, -0.15) is 0 Å². The second-order valence-electron chi connectivity index (χ2n) is 18.5. The van der Waals surface area contributed by atoms with Crippen molar-refractivity contribution in [3.63, 3.8) is 0 Å². The molecule has 0 saturated heterocycles. The lowest BCUT2D eigenvalue weighted by Gasteiger charge is -2.38. The van der Waals surface area contributed by atoms with Gasteiger partial charge in [-0.1, -0.05) is 215 Å². The Labute approximate surface area is 381 Å². The van der Waals surface area contributed by atoms with Gasteiger partial charge in [0.15, 0.2) is 0 Å². The molecule has 308 valence electrons. The second kappa shape index (κ2) is 15.1. The molecular formula is C62H49NS. The second-order valence-corrected chi connectivity index (χ2v) is 19.8. The van der Waals surface area contributed by atoms with E-state index in [9.17, 15) is 0 Å². The zero-order chi connectivity index (χ0) is 43.0. The molecule has 3 atom stereocenters. The Morgan fingerprint density at radius 3 is 1.84 bits per heavy atom. The van der Waals surface area contributed by atoms with Crippen LogP contribution in [-0.4, -0.2) is 5.25 Å². The van der Waals surface area contributed by atoms with Crippen molar-refractivity contribution in [3.05, 3.63) is 246 Å². The van der Waals surface area contributed by atoms with Gasteiger partial charge in [-0.05, 0) is 103 Å². The maximum Gasteiger partial charge on any atom is 0.0540 e. The van der Waals surface area contributed by atoms with Crippen LogP contribution in [0.15, 0.2) is 223 Å². The van der Waals surface area contributed by atoms with E-state index in [4.69, 9.17) is 0 Å². The van der Waals surface area contributed by atoms with Crippen LogP contribution in [-0.2, 0) is 10.8 Å². The fourth-order valence-corrected chi connectivity index (χ4v) is 13.0. The van der Waals surface area contributed by atoms with Gasteiger partial charge in [0.05, 0.1) is 17.1 Å². The standard InChI is InChI=1S/C62H49NS/c1-61(2)51-31-11-12-32-52(51)62(3)39-38-43(40-58(61)62)44-24-7-13-33-53(44)63(55-35-15-9-26-47(55)49-30-19-37-57-60(49)50-27-10-16-36-56(50)64-57)54-34-14-8-25-46(54)48-29-18-23-42-22-17-28-45(59(42)48)41-20-5-4-6-21-41/h4-36,38-40,57-58H,37H2,1-3H3. The van der Waals surface area contributed by atoms with Gasteiger partial charge in [0.1, 0.15) is 0 Å². The van der Waals surface area contributed by atoms with E-state index < -0.39 is 0 Å². The van der Waals surface area contributed by atoms with Crippen molar-refractivity contribution < 1.29 is 0 Å². The quantitative estimate of drug-likeness (QED) is 0.157. The summed E-state index contributed by atoms with van der Waals surface area (Å²) < 4.78 is 0. The van der Waals surface area contributed by atoms with Crippen molar-refractivity contribution in [2.45, 2.75) is 48.2 Å². The molecule has 1 heterocycles. The number of hydrogen-bond donors (Lipinski definition) is 0. The lowest BCUT2D eigenvalue weighted by Crippen LogP contribution is -2.34. The molecule has 3 aliphatic carbocycles. The maximum absolute atomic E-state index is 2.59. The SMILES string of the molecule is CC1(C)c2ccccc2C2(C)C=CC(c3ccccc3N(c3ccccc3C3=C4c5ccccc5SC4CC=C3)c3ccccc3-c3cccc4cccc(-c5ccccc5)c34)=CC12. The molecule has 0 aromatic heterocycles. The van der Waals surface area contributed by atoms with Crippen LogP contribution in [0.4, 0.5) is 17.1 Å². The molecule has 0 amide bonds. The van der Waals surface area contributed by atoms with Gasteiger partial charge < -0.3 is 4.90 Å². The van der Waals surface area contributed by atoms with Gasteiger partial charge in [0, 0.05) is 32.3 Å². The van der Waals surface area contributed by atoms with Gasteiger partial charge in [-0.15, -0.1) is 11.8 Å². The van der Waals surface area contributed by atoms with E-state index in [0.29, 0.717) is 11.2 Å². The first kappa shape index (κ1) is 38.8. The maximum atomic E-state index is 2.59. The van der Waals surface area contributed by atoms with Crippen molar-refractivity contribution in [1.29, 1.82) is 0 Å². The Morgan fingerprint density at radius 1 is 0.500 bits per heavy atom. The fourth-order valence-electron chi connectivity index (χ4n) is 11.7. The number of allylic oxidation sites excluding steroid dienone is 7. The molecule has 1 aliphatic heterocycles. The summed E-state index contributed by atoms with van der Waals surface area (Å²) in [6.45, 7) is 7.31. The summed E-state index contributed by atoms with van der Waals surface area (Å²) >= 11 is 2.01. The highest BCUT2D eigenvalue weighted by Gasteiger charge is 2.52. The smallest absolute Gasteiger partial charge is 0.0540 e. The van der Waals surface area contributed by atoms with E-state index in [-0.39, 0.29) is 10.8 Å². The van der Waals surface area contributed by atoms with Gasteiger partial charge >= 0.3 is 0 Å². The molecule has 64 heavy (non-hydrogen) atoms. The molecule has 8 aromatic rings. The summed E-state index contributed by atoms with van der Waals surface area (Å²) in [7, 11) is 0. The number of benzene rings is 8. The lowest BCUT2D eigenvalue weighted by atomic mass is 9.66. The molecule has 12 rings (SSSR count). The highest BCUT2D eigenvalue weighted by atomic mass is 32.2. The van der Waals surface area contributed by atoms with E-state index in [1.807, 2.05) is 11.8 Å². The van der Waals surface area contributed by atoms with Crippen LogP contribution >= 0.6 is 11.8 Å².